The van der Waals surface area contributed by atoms with Crippen LogP contribution in [0.4, 0.5) is 0 Å². The van der Waals surface area contributed by atoms with E-state index in [0.717, 1.165) is 4.47 Å². The number of halogens is 1. The smallest absolute Gasteiger partial charge is 0.260 e. The minimum Gasteiger partial charge on any atom is -0.483 e. The summed E-state index contributed by atoms with van der Waals surface area (Å²) in [4.78, 5) is 13.3. The Hall–Kier alpha value is -1.03. The highest BCUT2D eigenvalue weighted by Crippen LogP contribution is 2.23. The van der Waals surface area contributed by atoms with Crippen molar-refractivity contribution in [2.24, 2.45) is 0 Å². The maximum Gasteiger partial charge on any atom is 0.260 e. The van der Waals surface area contributed by atoms with E-state index in [4.69, 9.17) is 4.74 Å². The molecule has 0 aliphatic rings. The average molecular weight is 286 g/mol. The van der Waals surface area contributed by atoms with Crippen molar-refractivity contribution in [2.45, 2.75) is 19.9 Å². The van der Waals surface area contributed by atoms with Crippen LogP contribution in [0.25, 0.3) is 0 Å². The molecule has 1 rings (SSSR count). The minimum absolute atomic E-state index is 0.0225. The van der Waals surface area contributed by atoms with Crippen molar-refractivity contribution >= 4 is 21.8 Å². The first-order valence-corrected chi connectivity index (χ1v) is 5.94. The number of carbonyl (C=O) groups is 1. The average Bonchev–Trinajstić information content (AvgIpc) is 2.26. The minimum atomic E-state index is -0.0225. The molecule has 0 N–H and O–H groups in total. The molecule has 1 aromatic carbocycles. The molecular formula is C12H16BrNO2. The van der Waals surface area contributed by atoms with Crippen LogP contribution in [0.5, 0.6) is 5.75 Å². The normalized spacial score (nSPS) is 10.3. The molecule has 88 valence electrons. The monoisotopic (exact) mass is 285 g/mol. The summed E-state index contributed by atoms with van der Waals surface area (Å²) >= 11 is 3.36. The van der Waals surface area contributed by atoms with Gasteiger partial charge < -0.3 is 9.64 Å². The summed E-state index contributed by atoms with van der Waals surface area (Å²) in [6.07, 6.45) is 0. The fraction of sp³-hybridized carbons (Fsp3) is 0.417. The number of hydrogen-bond donors (Lipinski definition) is 0. The van der Waals surface area contributed by atoms with Gasteiger partial charge in [-0.1, -0.05) is 12.1 Å². The SMILES string of the molecule is CC(C)N(C)C(=O)COc1ccccc1Br. The molecule has 0 heterocycles. The second-order valence-corrected chi connectivity index (χ2v) is 4.67. The summed E-state index contributed by atoms with van der Waals surface area (Å²) in [6.45, 7) is 4.00. The van der Waals surface area contributed by atoms with Crippen molar-refractivity contribution < 1.29 is 9.53 Å². The molecule has 0 aromatic heterocycles. The Kier molecular flexibility index (Phi) is 4.80. The molecule has 0 unspecified atom stereocenters. The zero-order valence-corrected chi connectivity index (χ0v) is 11.3. The van der Waals surface area contributed by atoms with Gasteiger partial charge in [0.25, 0.3) is 5.91 Å². The van der Waals surface area contributed by atoms with Gasteiger partial charge in [-0.2, -0.15) is 0 Å². The van der Waals surface area contributed by atoms with E-state index < -0.39 is 0 Å². The zero-order valence-electron chi connectivity index (χ0n) is 9.74. The van der Waals surface area contributed by atoms with Crippen molar-refractivity contribution in [1.82, 2.24) is 4.90 Å². The van der Waals surface area contributed by atoms with Crippen LogP contribution < -0.4 is 4.74 Å². The van der Waals surface area contributed by atoms with E-state index in [1.165, 1.54) is 0 Å². The Morgan fingerprint density at radius 3 is 2.62 bits per heavy atom. The molecule has 0 saturated heterocycles. The van der Waals surface area contributed by atoms with E-state index in [-0.39, 0.29) is 18.6 Å². The summed E-state index contributed by atoms with van der Waals surface area (Å²) in [5, 5.41) is 0. The molecule has 0 aliphatic carbocycles. The number of benzene rings is 1. The quantitative estimate of drug-likeness (QED) is 0.851. The second kappa shape index (κ2) is 5.89. The lowest BCUT2D eigenvalue weighted by Gasteiger charge is -2.21. The van der Waals surface area contributed by atoms with Gasteiger partial charge in [0, 0.05) is 13.1 Å². The standard InChI is InChI=1S/C12H16BrNO2/c1-9(2)14(3)12(15)8-16-11-7-5-4-6-10(11)13/h4-7,9H,8H2,1-3H3. The summed E-state index contributed by atoms with van der Waals surface area (Å²) < 4.78 is 6.29. The molecule has 1 aromatic rings. The molecule has 0 fully saturated rings. The molecule has 0 radical (unpaired) electrons. The van der Waals surface area contributed by atoms with Gasteiger partial charge in [0.1, 0.15) is 5.75 Å². The fourth-order valence-electron chi connectivity index (χ4n) is 1.09. The van der Waals surface area contributed by atoms with Crippen LogP contribution in [-0.2, 0) is 4.79 Å². The Balaban J connectivity index is 2.52. The largest absolute Gasteiger partial charge is 0.483 e. The molecule has 0 saturated carbocycles. The van der Waals surface area contributed by atoms with Crippen molar-refractivity contribution in [3.63, 3.8) is 0 Å². The van der Waals surface area contributed by atoms with Crippen LogP contribution in [0.3, 0.4) is 0 Å². The van der Waals surface area contributed by atoms with E-state index >= 15 is 0 Å². The van der Waals surface area contributed by atoms with E-state index in [1.54, 1.807) is 11.9 Å². The number of carbonyl (C=O) groups excluding carboxylic acids is 1. The molecule has 0 spiro atoms. The first-order valence-electron chi connectivity index (χ1n) is 5.15. The summed E-state index contributed by atoms with van der Waals surface area (Å²) in [6, 6.07) is 7.67. The maximum absolute atomic E-state index is 11.7. The molecular weight excluding hydrogens is 270 g/mol. The van der Waals surface area contributed by atoms with Gasteiger partial charge in [0.15, 0.2) is 6.61 Å². The highest BCUT2D eigenvalue weighted by Gasteiger charge is 2.12. The fourth-order valence-corrected chi connectivity index (χ4v) is 1.49. The number of hydrogen-bond acceptors (Lipinski definition) is 2. The first kappa shape index (κ1) is 13.0. The van der Waals surface area contributed by atoms with Gasteiger partial charge in [-0.25, -0.2) is 0 Å². The Morgan fingerprint density at radius 2 is 2.06 bits per heavy atom. The molecule has 3 nitrogen and oxygen atoms in total. The molecule has 4 heteroatoms. The Bertz CT molecular complexity index is 366. The molecule has 0 atom stereocenters. The van der Waals surface area contributed by atoms with Crippen LogP contribution in [0.2, 0.25) is 0 Å². The first-order chi connectivity index (χ1) is 7.52. The molecule has 0 bridgehead atoms. The molecule has 0 aliphatic heterocycles. The van der Waals surface area contributed by atoms with Gasteiger partial charge in [-0.3, -0.25) is 4.79 Å². The maximum atomic E-state index is 11.7. The molecule has 16 heavy (non-hydrogen) atoms. The van der Waals surface area contributed by atoms with Crippen molar-refractivity contribution in [2.75, 3.05) is 13.7 Å². The second-order valence-electron chi connectivity index (χ2n) is 3.82. The lowest BCUT2D eigenvalue weighted by atomic mass is 10.3. The van der Waals surface area contributed by atoms with Crippen molar-refractivity contribution in [3.8, 4) is 5.75 Å². The van der Waals surface area contributed by atoms with Gasteiger partial charge in [0.2, 0.25) is 0 Å². The number of likely N-dealkylation sites (N-methyl/N-ethyl adjacent to an activating group) is 1. The Morgan fingerprint density at radius 1 is 1.44 bits per heavy atom. The summed E-state index contributed by atoms with van der Waals surface area (Å²) in [5.41, 5.74) is 0. The van der Waals surface area contributed by atoms with Gasteiger partial charge in [-0.15, -0.1) is 0 Å². The topological polar surface area (TPSA) is 29.5 Å². The number of nitrogens with zero attached hydrogens (tertiary/aromatic N) is 1. The van der Waals surface area contributed by atoms with Crippen LogP contribution in [0.1, 0.15) is 13.8 Å². The lowest BCUT2D eigenvalue weighted by Crippen LogP contribution is -2.36. The third kappa shape index (κ3) is 3.52. The summed E-state index contributed by atoms with van der Waals surface area (Å²) in [7, 11) is 1.77. The van der Waals surface area contributed by atoms with E-state index in [9.17, 15) is 4.79 Å². The molecule has 1 amide bonds. The van der Waals surface area contributed by atoms with Crippen LogP contribution >= 0.6 is 15.9 Å². The third-order valence-electron chi connectivity index (χ3n) is 2.36. The predicted octanol–water partition coefficient (Wildman–Crippen LogP) is 2.69. The van der Waals surface area contributed by atoms with Gasteiger partial charge in [-0.05, 0) is 41.9 Å². The third-order valence-corrected chi connectivity index (χ3v) is 3.01. The van der Waals surface area contributed by atoms with Crippen LogP contribution in [0.15, 0.2) is 28.7 Å². The highest BCUT2D eigenvalue weighted by molar-refractivity contribution is 9.10. The van der Waals surface area contributed by atoms with Crippen LogP contribution in [-0.4, -0.2) is 30.5 Å². The van der Waals surface area contributed by atoms with E-state index in [0.29, 0.717) is 5.75 Å². The van der Waals surface area contributed by atoms with E-state index in [1.807, 2.05) is 38.1 Å². The van der Waals surface area contributed by atoms with Gasteiger partial charge >= 0.3 is 0 Å². The lowest BCUT2D eigenvalue weighted by molar-refractivity contribution is -0.133. The number of rotatable bonds is 4. The van der Waals surface area contributed by atoms with Crippen LogP contribution in [0, 0.1) is 0 Å². The highest BCUT2D eigenvalue weighted by atomic mass is 79.9. The number of ether oxygens (including phenoxy) is 1. The zero-order chi connectivity index (χ0) is 12.1. The number of amides is 1. The van der Waals surface area contributed by atoms with Gasteiger partial charge in [0.05, 0.1) is 4.47 Å². The number of para-hydroxylation sites is 1. The van der Waals surface area contributed by atoms with E-state index in [2.05, 4.69) is 15.9 Å². The van der Waals surface area contributed by atoms with Crippen molar-refractivity contribution in [1.29, 1.82) is 0 Å². The Labute approximate surface area is 105 Å². The predicted molar refractivity (Wildman–Crippen MR) is 67.5 cm³/mol. The summed E-state index contributed by atoms with van der Waals surface area (Å²) in [5.74, 6) is 0.666. The van der Waals surface area contributed by atoms with Crippen molar-refractivity contribution in [3.05, 3.63) is 28.7 Å².